The van der Waals surface area contributed by atoms with E-state index in [-0.39, 0.29) is 17.8 Å². The topological polar surface area (TPSA) is 78.1 Å². The molecule has 0 N–H and O–H groups in total. The summed E-state index contributed by atoms with van der Waals surface area (Å²) in [5.41, 5.74) is 0.857. The fourth-order valence-corrected chi connectivity index (χ4v) is 3.02. The van der Waals surface area contributed by atoms with Gasteiger partial charge in [0.2, 0.25) is 11.7 Å². The summed E-state index contributed by atoms with van der Waals surface area (Å²) in [5.74, 6) is 0.709. The minimum atomic E-state index is -0.180. The second-order valence-corrected chi connectivity index (χ2v) is 5.86. The maximum Gasteiger partial charge on any atom is 0.309 e. The number of carbonyl (C=O) groups is 1. The van der Waals surface area contributed by atoms with Crippen molar-refractivity contribution >= 4 is 5.97 Å². The number of rotatable bonds is 5. The standard InChI is InChI=1S/C17H21N3O3/c1-2-11-22-17(21)14-6-4-3-5-13(14)16-19-15(20-23-16)12-7-9-18-10-8-12/h7-10,13-14H,2-6,11H2,1H3. The van der Waals surface area contributed by atoms with Crippen LogP contribution in [0.25, 0.3) is 11.4 Å². The summed E-state index contributed by atoms with van der Waals surface area (Å²) in [6.45, 7) is 2.46. The van der Waals surface area contributed by atoms with Crippen LogP contribution in [0.2, 0.25) is 0 Å². The molecule has 2 aromatic heterocycles. The van der Waals surface area contributed by atoms with E-state index >= 15 is 0 Å². The van der Waals surface area contributed by atoms with Crippen molar-refractivity contribution in [1.29, 1.82) is 0 Å². The van der Waals surface area contributed by atoms with Crippen molar-refractivity contribution in [1.82, 2.24) is 15.1 Å². The van der Waals surface area contributed by atoms with Crippen LogP contribution in [0.4, 0.5) is 0 Å². The van der Waals surface area contributed by atoms with E-state index in [1.54, 1.807) is 12.4 Å². The largest absolute Gasteiger partial charge is 0.465 e. The quantitative estimate of drug-likeness (QED) is 0.787. The second-order valence-electron chi connectivity index (χ2n) is 5.86. The highest BCUT2D eigenvalue weighted by Gasteiger charge is 2.36. The molecule has 0 aromatic carbocycles. The average Bonchev–Trinajstić information content (AvgIpc) is 3.10. The average molecular weight is 315 g/mol. The summed E-state index contributed by atoms with van der Waals surface area (Å²) >= 11 is 0. The van der Waals surface area contributed by atoms with Gasteiger partial charge in [-0.2, -0.15) is 4.98 Å². The Kier molecular flexibility index (Phi) is 5.00. The molecule has 122 valence electrons. The van der Waals surface area contributed by atoms with Crippen molar-refractivity contribution in [3.05, 3.63) is 30.4 Å². The number of hydrogen-bond donors (Lipinski definition) is 0. The van der Waals surface area contributed by atoms with Crippen molar-refractivity contribution in [2.75, 3.05) is 6.61 Å². The van der Waals surface area contributed by atoms with Crippen molar-refractivity contribution in [2.45, 2.75) is 44.9 Å². The number of hydrogen-bond acceptors (Lipinski definition) is 6. The molecular formula is C17H21N3O3. The highest BCUT2D eigenvalue weighted by molar-refractivity contribution is 5.73. The molecule has 6 nitrogen and oxygen atoms in total. The predicted octanol–water partition coefficient (Wildman–Crippen LogP) is 3.36. The minimum absolute atomic E-state index is 0.0452. The lowest BCUT2D eigenvalue weighted by Crippen LogP contribution is -2.28. The van der Waals surface area contributed by atoms with Gasteiger partial charge in [0, 0.05) is 18.0 Å². The van der Waals surface area contributed by atoms with Crippen LogP contribution in [0.3, 0.4) is 0 Å². The van der Waals surface area contributed by atoms with Crippen molar-refractivity contribution in [3.8, 4) is 11.4 Å². The first kappa shape index (κ1) is 15.6. The molecule has 2 heterocycles. The van der Waals surface area contributed by atoms with Gasteiger partial charge in [-0.1, -0.05) is 24.9 Å². The van der Waals surface area contributed by atoms with E-state index in [9.17, 15) is 4.79 Å². The summed E-state index contributed by atoms with van der Waals surface area (Å²) in [6, 6.07) is 3.67. The molecule has 0 bridgehead atoms. The van der Waals surface area contributed by atoms with Gasteiger partial charge in [-0.25, -0.2) is 0 Å². The van der Waals surface area contributed by atoms with Crippen LogP contribution in [-0.2, 0) is 9.53 Å². The van der Waals surface area contributed by atoms with E-state index in [4.69, 9.17) is 9.26 Å². The molecular weight excluding hydrogens is 294 g/mol. The van der Waals surface area contributed by atoms with Crippen molar-refractivity contribution in [3.63, 3.8) is 0 Å². The Hall–Kier alpha value is -2.24. The van der Waals surface area contributed by atoms with Crippen molar-refractivity contribution < 1.29 is 14.1 Å². The first-order valence-corrected chi connectivity index (χ1v) is 8.20. The van der Waals surface area contributed by atoms with E-state index in [1.807, 2.05) is 19.1 Å². The van der Waals surface area contributed by atoms with Gasteiger partial charge in [-0.15, -0.1) is 0 Å². The van der Waals surface area contributed by atoms with Crippen LogP contribution >= 0.6 is 0 Å². The molecule has 1 saturated carbocycles. The van der Waals surface area contributed by atoms with Crippen molar-refractivity contribution in [2.24, 2.45) is 5.92 Å². The molecule has 0 spiro atoms. The molecule has 1 aliphatic carbocycles. The molecule has 2 unspecified atom stereocenters. The Bertz CT molecular complexity index is 642. The summed E-state index contributed by atoms with van der Waals surface area (Å²) in [6.07, 6.45) is 8.01. The van der Waals surface area contributed by atoms with Gasteiger partial charge in [0.1, 0.15) is 0 Å². The molecule has 3 rings (SSSR count). The molecule has 0 radical (unpaired) electrons. The third-order valence-corrected chi connectivity index (χ3v) is 4.21. The van der Waals surface area contributed by atoms with Crippen LogP contribution in [0.1, 0.15) is 50.8 Å². The highest BCUT2D eigenvalue weighted by atomic mass is 16.5. The molecule has 2 atom stereocenters. The Labute approximate surface area is 135 Å². The number of pyridine rings is 1. The van der Waals surface area contributed by atoms with Gasteiger partial charge >= 0.3 is 5.97 Å². The lowest BCUT2D eigenvalue weighted by Gasteiger charge is -2.27. The summed E-state index contributed by atoms with van der Waals surface area (Å²) in [7, 11) is 0. The fraction of sp³-hybridized carbons (Fsp3) is 0.529. The Morgan fingerprint density at radius 1 is 1.30 bits per heavy atom. The maximum absolute atomic E-state index is 12.3. The summed E-state index contributed by atoms with van der Waals surface area (Å²) in [5, 5.41) is 4.05. The molecule has 0 saturated heterocycles. The number of carbonyl (C=O) groups excluding carboxylic acids is 1. The number of aromatic nitrogens is 3. The third kappa shape index (κ3) is 3.57. The molecule has 23 heavy (non-hydrogen) atoms. The fourth-order valence-electron chi connectivity index (χ4n) is 3.02. The zero-order valence-electron chi connectivity index (χ0n) is 13.3. The zero-order chi connectivity index (χ0) is 16.1. The Morgan fingerprint density at radius 2 is 2.09 bits per heavy atom. The number of ether oxygens (including phenoxy) is 1. The SMILES string of the molecule is CCCOC(=O)C1CCCCC1c1nc(-c2ccncc2)no1. The minimum Gasteiger partial charge on any atom is -0.465 e. The van der Waals surface area contributed by atoms with E-state index in [0.29, 0.717) is 18.3 Å². The van der Waals surface area contributed by atoms with E-state index < -0.39 is 0 Å². The summed E-state index contributed by atoms with van der Waals surface area (Å²) in [4.78, 5) is 20.8. The normalized spacial score (nSPS) is 21.1. The number of esters is 1. The molecule has 1 aliphatic rings. The van der Waals surface area contributed by atoms with Crippen LogP contribution in [-0.4, -0.2) is 27.7 Å². The summed E-state index contributed by atoms with van der Waals surface area (Å²) < 4.78 is 10.8. The van der Waals surface area contributed by atoms with E-state index in [1.165, 1.54) is 0 Å². The van der Waals surface area contributed by atoms with Crippen LogP contribution in [0, 0.1) is 5.92 Å². The maximum atomic E-state index is 12.3. The van der Waals surface area contributed by atoms with Gasteiger partial charge in [0.25, 0.3) is 0 Å². The first-order chi connectivity index (χ1) is 11.3. The first-order valence-electron chi connectivity index (χ1n) is 8.20. The molecule has 1 fully saturated rings. The van der Waals surface area contributed by atoms with Gasteiger partial charge in [0.05, 0.1) is 18.4 Å². The van der Waals surface area contributed by atoms with Gasteiger partial charge < -0.3 is 9.26 Å². The molecule has 2 aromatic rings. The zero-order valence-corrected chi connectivity index (χ0v) is 13.3. The van der Waals surface area contributed by atoms with Gasteiger partial charge in [-0.05, 0) is 31.4 Å². The highest BCUT2D eigenvalue weighted by Crippen LogP contribution is 2.38. The third-order valence-electron chi connectivity index (χ3n) is 4.21. The smallest absolute Gasteiger partial charge is 0.309 e. The lowest BCUT2D eigenvalue weighted by molar-refractivity contribution is -0.150. The Morgan fingerprint density at radius 3 is 2.87 bits per heavy atom. The van der Waals surface area contributed by atoms with Crippen LogP contribution < -0.4 is 0 Å². The Balaban J connectivity index is 1.78. The second kappa shape index (κ2) is 7.35. The van der Waals surface area contributed by atoms with Gasteiger partial charge in [-0.3, -0.25) is 9.78 Å². The van der Waals surface area contributed by atoms with Crippen LogP contribution in [0.5, 0.6) is 0 Å². The molecule has 0 aliphatic heterocycles. The van der Waals surface area contributed by atoms with E-state index in [0.717, 1.165) is 37.7 Å². The van der Waals surface area contributed by atoms with Gasteiger partial charge in [0.15, 0.2) is 0 Å². The predicted molar refractivity (Wildman–Crippen MR) is 83.5 cm³/mol. The van der Waals surface area contributed by atoms with Crippen LogP contribution in [0.15, 0.2) is 29.0 Å². The van der Waals surface area contributed by atoms with E-state index in [2.05, 4.69) is 15.1 Å². The number of nitrogens with zero attached hydrogens (tertiary/aromatic N) is 3. The monoisotopic (exact) mass is 315 g/mol. The molecule has 6 heteroatoms. The molecule has 0 amide bonds. The lowest BCUT2D eigenvalue weighted by atomic mass is 9.79.